The number of aromatic nitrogens is 3. The molecule has 138 valence electrons. The van der Waals surface area contributed by atoms with Crippen molar-refractivity contribution < 1.29 is 9.90 Å². The monoisotopic (exact) mass is 371 g/mol. The third-order valence-electron chi connectivity index (χ3n) is 3.80. The highest BCUT2D eigenvalue weighted by atomic mass is 32.2. The Bertz CT molecular complexity index is 805. The molecule has 0 unspecified atom stereocenters. The number of rotatable bonds is 9. The zero-order valence-corrected chi connectivity index (χ0v) is 16.3. The summed E-state index contributed by atoms with van der Waals surface area (Å²) < 4.78 is 1.81. The van der Waals surface area contributed by atoms with Gasteiger partial charge in [-0.05, 0) is 45.7 Å². The van der Waals surface area contributed by atoms with E-state index < -0.39 is 5.97 Å². The van der Waals surface area contributed by atoms with Crippen LogP contribution in [-0.4, -0.2) is 26.1 Å². The largest absolute Gasteiger partial charge is 0.478 e. The smallest absolute Gasteiger partial charge is 0.336 e. The van der Waals surface area contributed by atoms with Gasteiger partial charge in [0, 0.05) is 16.8 Å². The van der Waals surface area contributed by atoms with E-state index in [9.17, 15) is 9.90 Å². The van der Waals surface area contributed by atoms with Crippen molar-refractivity contribution in [2.24, 2.45) is 0 Å². The number of carbonyl (C=O) groups is 1. The first kappa shape index (κ1) is 20.0. The Morgan fingerprint density at radius 3 is 2.73 bits per heavy atom. The molecule has 6 heteroatoms. The van der Waals surface area contributed by atoms with Crippen LogP contribution in [0.25, 0.3) is 0 Å². The van der Waals surface area contributed by atoms with Crippen molar-refractivity contribution in [2.75, 3.05) is 0 Å². The molecule has 0 aliphatic heterocycles. The number of hydrogen-bond donors (Lipinski definition) is 1. The average molecular weight is 372 g/mol. The summed E-state index contributed by atoms with van der Waals surface area (Å²) in [4.78, 5) is 12.0. The van der Waals surface area contributed by atoms with Crippen molar-refractivity contribution in [1.29, 1.82) is 0 Å². The normalized spacial score (nSPS) is 11.4. The summed E-state index contributed by atoms with van der Waals surface area (Å²) in [5.41, 5.74) is 3.84. The van der Waals surface area contributed by atoms with Crippen LogP contribution in [0.1, 0.15) is 49.7 Å². The first-order chi connectivity index (χ1) is 12.5. The summed E-state index contributed by atoms with van der Waals surface area (Å²) in [6, 6.07) is 7.01. The second-order valence-corrected chi connectivity index (χ2v) is 7.41. The number of allylic oxidation sites excluding steroid dienone is 4. The van der Waals surface area contributed by atoms with Gasteiger partial charge in [0.1, 0.15) is 0 Å². The third-order valence-corrected chi connectivity index (χ3v) is 4.90. The SMILES string of the molecule is CC(C)=CCC/C(C)=C/Cn1cc(CSc2ccccc2C(=O)O)nn1. The summed E-state index contributed by atoms with van der Waals surface area (Å²) in [6.07, 6.45) is 8.44. The first-order valence-electron chi connectivity index (χ1n) is 8.59. The fourth-order valence-electron chi connectivity index (χ4n) is 2.35. The number of carboxylic acids is 1. The van der Waals surface area contributed by atoms with E-state index in [1.807, 2.05) is 23.0 Å². The zero-order chi connectivity index (χ0) is 18.9. The minimum absolute atomic E-state index is 0.319. The molecule has 0 radical (unpaired) electrons. The van der Waals surface area contributed by atoms with Gasteiger partial charge in [0.2, 0.25) is 0 Å². The number of thioether (sulfide) groups is 1. The molecule has 26 heavy (non-hydrogen) atoms. The molecular weight excluding hydrogens is 346 g/mol. The molecule has 0 amide bonds. The lowest BCUT2D eigenvalue weighted by molar-refractivity contribution is 0.0693. The first-order valence-corrected chi connectivity index (χ1v) is 9.57. The number of aromatic carboxylic acids is 1. The minimum Gasteiger partial charge on any atom is -0.478 e. The topological polar surface area (TPSA) is 68.0 Å². The van der Waals surface area contributed by atoms with Crippen LogP contribution in [-0.2, 0) is 12.3 Å². The number of nitrogens with zero attached hydrogens (tertiary/aromatic N) is 3. The van der Waals surface area contributed by atoms with E-state index >= 15 is 0 Å². The molecule has 0 saturated carbocycles. The molecule has 2 aromatic rings. The number of carboxylic acid groups (broad SMARTS) is 1. The predicted octanol–water partition coefficient (Wildman–Crippen LogP) is 4.96. The third kappa shape index (κ3) is 6.52. The highest BCUT2D eigenvalue weighted by Crippen LogP contribution is 2.25. The Hall–Kier alpha value is -2.34. The van der Waals surface area contributed by atoms with Gasteiger partial charge in [0.25, 0.3) is 0 Å². The molecule has 1 heterocycles. The Morgan fingerprint density at radius 1 is 1.23 bits per heavy atom. The van der Waals surface area contributed by atoms with Crippen LogP contribution < -0.4 is 0 Å². The van der Waals surface area contributed by atoms with E-state index in [1.165, 1.54) is 22.9 Å². The molecule has 1 N–H and O–H groups in total. The van der Waals surface area contributed by atoms with Crippen LogP contribution in [0.3, 0.4) is 0 Å². The maximum absolute atomic E-state index is 11.2. The highest BCUT2D eigenvalue weighted by Gasteiger charge is 2.10. The van der Waals surface area contributed by atoms with Gasteiger partial charge in [-0.15, -0.1) is 16.9 Å². The van der Waals surface area contributed by atoms with Crippen LogP contribution >= 0.6 is 11.8 Å². The molecule has 2 rings (SSSR count). The van der Waals surface area contributed by atoms with Crippen molar-refractivity contribution in [2.45, 2.75) is 50.8 Å². The van der Waals surface area contributed by atoms with Gasteiger partial charge in [0.05, 0.1) is 17.8 Å². The van der Waals surface area contributed by atoms with Crippen molar-refractivity contribution in [3.05, 3.63) is 65.0 Å². The molecule has 0 aliphatic carbocycles. The van der Waals surface area contributed by atoms with Gasteiger partial charge in [-0.2, -0.15) is 0 Å². The van der Waals surface area contributed by atoms with Crippen molar-refractivity contribution in [3.63, 3.8) is 0 Å². The maximum atomic E-state index is 11.2. The van der Waals surface area contributed by atoms with Gasteiger partial charge in [0.15, 0.2) is 0 Å². The second kappa shape index (κ2) is 9.97. The molecule has 0 bridgehead atoms. The molecule has 0 spiro atoms. The molecule has 5 nitrogen and oxygen atoms in total. The van der Waals surface area contributed by atoms with Crippen LogP contribution in [0, 0.1) is 0 Å². The van der Waals surface area contributed by atoms with Gasteiger partial charge in [-0.3, -0.25) is 0 Å². The van der Waals surface area contributed by atoms with E-state index in [4.69, 9.17) is 0 Å². The van der Waals surface area contributed by atoms with E-state index in [2.05, 4.69) is 43.2 Å². The van der Waals surface area contributed by atoms with Gasteiger partial charge < -0.3 is 5.11 Å². The summed E-state index contributed by atoms with van der Waals surface area (Å²) >= 11 is 1.46. The maximum Gasteiger partial charge on any atom is 0.336 e. The lowest BCUT2D eigenvalue weighted by Crippen LogP contribution is -1.98. The lowest BCUT2D eigenvalue weighted by atomic mass is 10.1. The summed E-state index contributed by atoms with van der Waals surface area (Å²) in [7, 11) is 0. The van der Waals surface area contributed by atoms with E-state index in [-0.39, 0.29) is 0 Å². The van der Waals surface area contributed by atoms with Crippen LogP contribution in [0.4, 0.5) is 0 Å². The summed E-state index contributed by atoms with van der Waals surface area (Å²) in [5.74, 6) is -0.321. The van der Waals surface area contributed by atoms with Crippen LogP contribution in [0.5, 0.6) is 0 Å². The molecule has 1 aromatic heterocycles. The van der Waals surface area contributed by atoms with Crippen LogP contribution in [0.2, 0.25) is 0 Å². The number of benzene rings is 1. The highest BCUT2D eigenvalue weighted by molar-refractivity contribution is 7.98. The predicted molar refractivity (Wildman–Crippen MR) is 105 cm³/mol. The second-order valence-electron chi connectivity index (χ2n) is 6.39. The molecule has 0 atom stereocenters. The van der Waals surface area contributed by atoms with Crippen molar-refractivity contribution >= 4 is 17.7 Å². The van der Waals surface area contributed by atoms with E-state index in [0.29, 0.717) is 17.9 Å². The van der Waals surface area contributed by atoms with Crippen LogP contribution in [0.15, 0.2) is 58.7 Å². The van der Waals surface area contributed by atoms with E-state index in [1.54, 1.807) is 12.1 Å². The standard InChI is InChI=1S/C20H25N3O2S/c1-15(2)7-6-8-16(3)11-12-23-13-17(21-22-23)14-26-19-10-5-4-9-18(19)20(24)25/h4-5,7,9-11,13H,6,8,12,14H2,1-3H3,(H,24,25)/b16-11+. The van der Waals surface area contributed by atoms with Gasteiger partial charge in [-0.1, -0.05) is 40.6 Å². The molecule has 0 saturated heterocycles. The Labute approximate surface area is 158 Å². The van der Waals surface area contributed by atoms with Crippen molar-refractivity contribution in [3.8, 4) is 0 Å². The van der Waals surface area contributed by atoms with Gasteiger partial charge in [-0.25, -0.2) is 9.48 Å². The number of hydrogen-bond acceptors (Lipinski definition) is 4. The summed E-state index contributed by atoms with van der Waals surface area (Å²) in [5, 5.41) is 17.5. The Morgan fingerprint density at radius 2 is 2.00 bits per heavy atom. The molecule has 0 fully saturated rings. The average Bonchev–Trinajstić information content (AvgIpc) is 3.06. The molecular formula is C20H25N3O2S. The fraction of sp³-hybridized carbons (Fsp3) is 0.350. The lowest BCUT2D eigenvalue weighted by Gasteiger charge is -2.03. The Kier molecular flexibility index (Phi) is 7.66. The fourth-order valence-corrected chi connectivity index (χ4v) is 3.28. The Balaban J connectivity index is 1.88. The van der Waals surface area contributed by atoms with Crippen molar-refractivity contribution in [1.82, 2.24) is 15.0 Å². The quantitative estimate of drug-likeness (QED) is 0.498. The minimum atomic E-state index is -0.912. The van der Waals surface area contributed by atoms with E-state index in [0.717, 1.165) is 23.4 Å². The summed E-state index contributed by atoms with van der Waals surface area (Å²) in [6.45, 7) is 7.06. The zero-order valence-electron chi connectivity index (χ0n) is 15.5. The van der Waals surface area contributed by atoms with Gasteiger partial charge >= 0.3 is 5.97 Å². The molecule has 0 aliphatic rings. The molecule has 1 aromatic carbocycles.